The van der Waals surface area contributed by atoms with Crippen molar-refractivity contribution in [3.63, 3.8) is 0 Å². The molecule has 1 saturated carbocycles. The second kappa shape index (κ2) is 9.66. The van der Waals surface area contributed by atoms with Crippen LogP contribution in [0, 0.1) is 13.8 Å². The summed E-state index contributed by atoms with van der Waals surface area (Å²) in [5.41, 5.74) is 4.85. The van der Waals surface area contributed by atoms with Crippen LogP contribution in [0.2, 0.25) is 0 Å². The lowest BCUT2D eigenvalue weighted by atomic mass is 9.96. The highest BCUT2D eigenvalue weighted by Crippen LogP contribution is 2.33. The normalized spacial score (nSPS) is 15.5. The molecule has 178 valence electrons. The van der Waals surface area contributed by atoms with Crippen LogP contribution >= 0.6 is 12.2 Å². The fourth-order valence-electron chi connectivity index (χ4n) is 4.87. The predicted molar refractivity (Wildman–Crippen MR) is 138 cm³/mol. The third-order valence-corrected chi connectivity index (χ3v) is 7.40. The van der Waals surface area contributed by atoms with E-state index in [2.05, 4.69) is 34.3 Å². The number of benzene rings is 2. The minimum Gasteiger partial charge on any atom is -0.454 e. The van der Waals surface area contributed by atoms with Crippen LogP contribution in [-0.2, 0) is 13.1 Å². The van der Waals surface area contributed by atoms with E-state index in [1.165, 1.54) is 19.3 Å². The molecule has 2 N–H and O–H groups in total. The van der Waals surface area contributed by atoms with Gasteiger partial charge in [0.15, 0.2) is 16.6 Å². The van der Waals surface area contributed by atoms with Gasteiger partial charge in [0.05, 0.1) is 12.1 Å². The first-order valence-electron chi connectivity index (χ1n) is 12.0. The number of hydrogen-bond donors (Lipinski definition) is 2. The maximum Gasteiger partial charge on any atom is 0.253 e. The zero-order valence-electron chi connectivity index (χ0n) is 19.8. The lowest BCUT2D eigenvalue weighted by Gasteiger charge is -2.31. The summed E-state index contributed by atoms with van der Waals surface area (Å²) in [6, 6.07) is 12.5. The van der Waals surface area contributed by atoms with Gasteiger partial charge in [0.25, 0.3) is 5.56 Å². The number of pyridine rings is 1. The minimum absolute atomic E-state index is 0.0719. The molecule has 7 heteroatoms. The van der Waals surface area contributed by atoms with Crippen molar-refractivity contribution in [2.45, 2.75) is 65.1 Å². The van der Waals surface area contributed by atoms with Gasteiger partial charge in [-0.25, -0.2) is 0 Å². The smallest absolute Gasteiger partial charge is 0.253 e. The number of rotatable bonds is 5. The van der Waals surface area contributed by atoms with Crippen molar-refractivity contribution in [1.82, 2.24) is 15.2 Å². The van der Waals surface area contributed by atoms with E-state index in [4.69, 9.17) is 21.7 Å². The highest BCUT2D eigenvalue weighted by molar-refractivity contribution is 7.80. The van der Waals surface area contributed by atoms with Crippen molar-refractivity contribution >= 4 is 28.2 Å². The number of hydrogen-bond acceptors (Lipinski definition) is 4. The predicted octanol–water partition coefficient (Wildman–Crippen LogP) is 5.08. The Balaban J connectivity index is 1.43. The summed E-state index contributed by atoms with van der Waals surface area (Å²) < 4.78 is 11.0. The number of nitrogens with one attached hydrogen (secondary N) is 2. The van der Waals surface area contributed by atoms with Gasteiger partial charge in [0, 0.05) is 18.2 Å². The summed E-state index contributed by atoms with van der Waals surface area (Å²) in [6.07, 6.45) is 6.01. The number of aryl methyl sites for hydroxylation is 2. The van der Waals surface area contributed by atoms with Crippen LogP contribution in [0.25, 0.3) is 10.9 Å². The quantitative estimate of drug-likeness (QED) is 0.500. The molecular formula is C27H31N3O3S. The molecule has 5 rings (SSSR count). The number of ether oxygens (including phenoxy) is 2. The Morgan fingerprint density at radius 2 is 1.85 bits per heavy atom. The van der Waals surface area contributed by atoms with Gasteiger partial charge < -0.3 is 24.7 Å². The van der Waals surface area contributed by atoms with E-state index in [9.17, 15) is 4.79 Å². The van der Waals surface area contributed by atoms with Crippen molar-refractivity contribution in [2.24, 2.45) is 0 Å². The lowest BCUT2D eigenvalue weighted by Crippen LogP contribution is -2.45. The third kappa shape index (κ3) is 4.75. The van der Waals surface area contributed by atoms with Crippen LogP contribution in [0.4, 0.5) is 0 Å². The molecule has 0 radical (unpaired) electrons. The van der Waals surface area contributed by atoms with Crippen molar-refractivity contribution in [3.05, 3.63) is 69.0 Å². The van der Waals surface area contributed by atoms with E-state index in [0.29, 0.717) is 29.8 Å². The van der Waals surface area contributed by atoms with Gasteiger partial charge in [0.2, 0.25) is 6.79 Å². The highest BCUT2D eigenvalue weighted by Gasteiger charge is 2.21. The summed E-state index contributed by atoms with van der Waals surface area (Å²) in [5.74, 6) is 1.51. The van der Waals surface area contributed by atoms with Crippen LogP contribution < -0.4 is 20.3 Å². The average molecular weight is 478 g/mol. The summed E-state index contributed by atoms with van der Waals surface area (Å²) in [5, 5.41) is 5.29. The summed E-state index contributed by atoms with van der Waals surface area (Å²) in [6.45, 7) is 5.34. The third-order valence-electron chi connectivity index (χ3n) is 7.02. The molecule has 1 fully saturated rings. The van der Waals surface area contributed by atoms with Crippen molar-refractivity contribution < 1.29 is 9.47 Å². The van der Waals surface area contributed by atoms with Crippen molar-refractivity contribution in [1.29, 1.82) is 0 Å². The van der Waals surface area contributed by atoms with Crippen LogP contribution in [0.5, 0.6) is 11.5 Å². The fourth-order valence-corrected chi connectivity index (χ4v) is 5.16. The lowest BCUT2D eigenvalue weighted by molar-refractivity contribution is 0.174. The van der Waals surface area contributed by atoms with E-state index < -0.39 is 0 Å². The number of nitrogens with zero attached hydrogens (tertiary/aromatic N) is 1. The molecule has 0 bridgehead atoms. The van der Waals surface area contributed by atoms with E-state index in [1.54, 1.807) is 0 Å². The summed E-state index contributed by atoms with van der Waals surface area (Å²) in [7, 11) is 0. The van der Waals surface area contributed by atoms with Gasteiger partial charge in [-0.3, -0.25) is 4.79 Å². The molecule has 0 saturated heterocycles. The van der Waals surface area contributed by atoms with Crippen LogP contribution in [-0.4, -0.2) is 27.8 Å². The molecule has 2 aliphatic rings. The number of fused-ring (bicyclic) bond motifs is 2. The molecule has 3 aromatic rings. The molecule has 0 amide bonds. The first-order chi connectivity index (χ1) is 16.5. The molecule has 0 unspecified atom stereocenters. The maximum atomic E-state index is 13.1. The van der Waals surface area contributed by atoms with Gasteiger partial charge >= 0.3 is 0 Å². The highest BCUT2D eigenvalue weighted by atomic mass is 32.1. The summed E-state index contributed by atoms with van der Waals surface area (Å²) in [4.78, 5) is 18.3. The van der Waals surface area contributed by atoms with E-state index in [0.717, 1.165) is 51.9 Å². The Morgan fingerprint density at radius 3 is 2.68 bits per heavy atom. The molecule has 1 aliphatic carbocycles. The molecule has 0 atom stereocenters. The number of thiocarbonyl (C=S) groups is 1. The molecule has 2 heterocycles. The first-order valence-corrected chi connectivity index (χ1v) is 12.4. The van der Waals surface area contributed by atoms with Crippen molar-refractivity contribution in [2.75, 3.05) is 6.79 Å². The molecule has 1 aliphatic heterocycles. The van der Waals surface area contributed by atoms with Crippen LogP contribution in [0.1, 0.15) is 54.4 Å². The van der Waals surface area contributed by atoms with Crippen molar-refractivity contribution in [3.8, 4) is 11.5 Å². The topological polar surface area (TPSA) is 66.6 Å². The first kappa shape index (κ1) is 22.7. The van der Waals surface area contributed by atoms with E-state index in [1.807, 2.05) is 31.2 Å². The monoisotopic (exact) mass is 477 g/mol. The Labute approximate surface area is 205 Å². The van der Waals surface area contributed by atoms with E-state index in [-0.39, 0.29) is 12.4 Å². The molecule has 0 spiro atoms. The average Bonchev–Trinajstić information content (AvgIpc) is 3.31. The molecule has 1 aromatic heterocycles. The second-order valence-corrected chi connectivity index (χ2v) is 9.81. The fraction of sp³-hybridized carbons (Fsp3) is 0.407. The van der Waals surface area contributed by atoms with Crippen LogP contribution in [0.3, 0.4) is 0 Å². The molecule has 6 nitrogen and oxygen atoms in total. The molecular weight excluding hydrogens is 446 g/mol. The Bertz CT molecular complexity index is 1280. The van der Waals surface area contributed by atoms with Gasteiger partial charge in [-0.15, -0.1) is 0 Å². The Morgan fingerprint density at radius 1 is 1.06 bits per heavy atom. The van der Waals surface area contributed by atoms with Crippen LogP contribution in [0.15, 0.2) is 41.2 Å². The largest absolute Gasteiger partial charge is 0.454 e. The number of aromatic nitrogens is 1. The SMILES string of the molecule is Cc1ccc2cc(CN(Cc3ccc4c(c3)OCO4)C(=S)NC3CCCCC3)c(=O)[nH]c2c1C. The molecule has 34 heavy (non-hydrogen) atoms. The molecule has 2 aromatic carbocycles. The zero-order chi connectivity index (χ0) is 23.7. The summed E-state index contributed by atoms with van der Waals surface area (Å²) >= 11 is 5.88. The van der Waals surface area contributed by atoms with Gasteiger partial charge in [-0.1, -0.05) is 37.5 Å². The number of H-pyrrole nitrogens is 1. The number of aromatic amines is 1. The Hall–Kier alpha value is -3.06. The maximum absolute atomic E-state index is 13.1. The second-order valence-electron chi connectivity index (χ2n) is 9.42. The van der Waals surface area contributed by atoms with E-state index >= 15 is 0 Å². The Kier molecular flexibility index (Phi) is 6.46. The van der Waals surface area contributed by atoms with Gasteiger partial charge in [-0.05, 0) is 79.2 Å². The standard InChI is InChI=1S/C27H31N3O3S/c1-17-8-10-20-13-21(26(31)29-25(20)18(17)2)15-30(27(34)28-22-6-4-3-5-7-22)14-19-9-11-23-24(12-19)33-16-32-23/h8-13,22H,3-7,14-16H2,1-2H3,(H,28,34)(H,29,31). The zero-order valence-corrected chi connectivity index (χ0v) is 20.6. The minimum atomic E-state index is -0.0719. The van der Waals surface area contributed by atoms with Gasteiger partial charge in [0.1, 0.15) is 0 Å². The van der Waals surface area contributed by atoms with Gasteiger partial charge in [-0.2, -0.15) is 0 Å².